The minimum absolute atomic E-state index is 0.123. The maximum absolute atomic E-state index is 11.4. The zero-order chi connectivity index (χ0) is 12.9. The van der Waals surface area contributed by atoms with Crippen molar-refractivity contribution in [2.75, 3.05) is 13.2 Å². The Balaban J connectivity index is 2.32. The first-order valence-electron chi connectivity index (χ1n) is 5.51. The van der Waals surface area contributed by atoms with Gasteiger partial charge in [0.25, 0.3) is 0 Å². The van der Waals surface area contributed by atoms with E-state index >= 15 is 0 Å². The van der Waals surface area contributed by atoms with Crippen molar-refractivity contribution < 1.29 is 17.9 Å². The summed E-state index contributed by atoms with van der Waals surface area (Å²) in [5.74, 6) is 0.233. The van der Waals surface area contributed by atoms with Crippen LogP contribution in [0.5, 0.6) is 0 Å². The average molecular weight is 285 g/mol. The normalized spacial score (nSPS) is 24.6. The number of hydrogen-bond donors (Lipinski definition) is 2. The topological polar surface area (TPSA) is 84.5 Å². The molecule has 0 aromatic heterocycles. The number of halogens is 1. The van der Waals surface area contributed by atoms with Crippen molar-refractivity contribution in [1.29, 1.82) is 0 Å². The van der Waals surface area contributed by atoms with Gasteiger partial charge in [0.15, 0.2) is 0 Å². The summed E-state index contributed by atoms with van der Waals surface area (Å²) in [6.45, 7) is 2.01. The van der Waals surface area contributed by atoms with Gasteiger partial charge in [-0.25, -0.2) is 9.52 Å². The van der Waals surface area contributed by atoms with E-state index in [0.717, 1.165) is 19.3 Å². The van der Waals surface area contributed by atoms with E-state index in [1.165, 1.54) is 0 Å². The van der Waals surface area contributed by atoms with Crippen molar-refractivity contribution in [3.05, 3.63) is 0 Å². The maximum atomic E-state index is 11.4. The minimum Gasteiger partial charge on any atom is -0.449 e. The quantitative estimate of drug-likeness (QED) is 0.737. The molecule has 0 radical (unpaired) electrons. The molecule has 0 bridgehead atoms. The molecule has 1 fully saturated rings. The summed E-state index contributed by atoms with van der Waals surface area (Å²) in [7, 11) is -3.83. The predicted molar refractivity (Wildman–Crippen MR) is 64.1 cm³/mol. The molecule has 17 heavy (non-hydrogen) atoms. The van der Waals surface area contributed by atoms with E-state index in [1.807, 2.05) is 0 Å². The number of hydrogen-bond acceptors (Lipinski definition) is 4. The highest BCUT2D eigenvalue weighted by atomic mass is 35.5. The first-order chi connectivity index (χ1) is 7.93. The van der Waals surface area contributed by atoms with Gasteiger partial charge in [-0.05, 0) is 32.1 Å². The van der Waals surface area contributed by atoms with Crippen LogP contribution in [-0.4, -0.2) is 33.0 Å². The number of amides is 1. The number of ether oxygens (including phenoxy) is 1. The Morgan fingerprint density at radius 1 is 1.47 bits per heavy atom. The number of nitrogens with one attached hydrogen (secondary N) is 2. The van der Waals surface area contributed by atoms with Gasteiger partial charge in [-0.3, -0.25) is 0 Å². The van der Waals surface area contributed by atoms with Crippen molar-refractivity contribution >= 4 is 27.9 Å². The Morgan fingerprint density at radius 3 is 2.71 bits per heavy atom. The third-order valence-corrected chi connectivity index (χ3v) is 3.91. The second kappa shape index (κ2) is 6.42. The zero-order valence-electron chi connectivity index (χ0n) is 9.61. The molecule has 1 aliphatic rings. The molecule has 2 unspecified atom stereocenters. The van der Waals surface area contributed by atoms with Gasteiger partial charge in [0.05, 0.1) is 6.61 Å². The summed E-state index contributed by atoms with van der Waals surface area (Å²) in [6, 6.07) is 0. The van der Waals surface area contributed by atoms with E-state index < -0.39 is 16.3 Å². The summed E-state index contributed by atoms with van der Waals surface area (Å²) in [6.07, 6.45) is 1.63. The molecule has 6 nitrogen and oxygen atoms in total. The molecule has 0 saturated heterocycles. The molecule has 1 rings (SSSR count). The Kier molecular flexibility index (Phi) is 5.48. The molecule has 0 heterocycles. The van der Waals surface area contributed by atoms with Crippen LogP contribution in [0.1, 0.15) is 26.2 Å². The predicted octanol–water partition coefficient (Wildman–Crippen LogP) is 0.974. The molecule has 1 saturated carbocycles. The van der Waals surface area contributed by atoms with Gasteiger partial charge in [0.2, 0.25) is 0 Å². The number of alkyl halides is 1. The van der Waals surface area contributed by atoms with E-state index in [-0.39, 0.29) is 24.4 Å². The molecule has 0 aliphatic heterocycles. The highest BCUT2D eigenvalue weighted by Crippen LogP contribution is 2.28. The van der Waals surface area contributed by atoms with Crippen LogP contribution in [0.4, 0.5) is 4.79 Å². The van der Waals surface area contributed by atoms with E-state index in [4.69, 9.17) is 11.6 Å². The van der Waals surface area contributed by atoms with Crippen LogP contribution in [0.3, 0.4) is 0 Å². The van der Waals surface area contributed by atoms with Crippen LogP contribution in [0.15, 0.2) is 0 Å². The zero-order valence-corrected chi connectivity index (χ0v) is 11.2. The molecular formula is C9H17ClN2O4S. The second-order valence-corrected chi connectivity index (χ2v) is 6.07. The molecule has 2 atom stereocenters. The summed E-state index contributed by atoms with van der Waals surface area (Å²) in [5, 5.41) is 0.127. The van der Waals surface area contributed by atoms with E-state index in [1.54, 1.807) is 11.6 Å². The fourth-order valence-corrected chi connectivity index (χ4v) is 2.92. The lowest BCUT2D eigenvalue weighted by atomic mass is 10.1. The van der Waals surface area contributed by atoms with E-state index in [0.29, 0.717) is 0 Å². The van der Waals surface area contributed by atoms with Crippen LogP contribution < -0.4 is 9.44 Å². The van der Waals surface area contributed by atoms with Gasteiger partial charge in [0.1, 0.15) is 0 Å². The number of carbonyl (C=O) groups is 1. The lowest BCUT2D eigenvalue weighted by Crippen LogP contribution is -2.42. The highest BCUT2D eigenvalue weighted by Gasteiger charge is 2.24. The Bertz CT molecular complexity index is 360. The number of carbonyl (C=O) groups excluding carboxylic acids is 1. The fourth-order valence-electron chi connectivity index (χ4n) is 1.73. The lowest BCUT2D eigenvalue weighted by Gasteiger charge is -2.11. The molecular weight excluding hydrogens is 268 g/mol. The fraction of sp³-hybridized carbons (Fsp3) is 0.889. The Hall–Kier alpha value is -0.530. The Labute approximate surface area is 106 Å². The van der Waals surface area contributed by atoms with Gasteiger partial charge in [-0.2, -0.15) is 13.1 Å². The largest absolute Gasteiger partial charge is 0.449 e. The van der Waals surface area contributed by atoms with Crippen LogP contribution in [0.2, 0.25) is 0 Å². The van der Waals surface area contributed by atoms with Crippen molar-refractivity contribution in [1.82, 2.24) is 9.44 Å². The molecule has 8 heteroatoms. The summed E-state index contributed by atoms with van der Waals surface area (Å²) >= 11 is 5.92. The molecule has 0 aromatic carbocycles. The molecule has 2 N–H and O–H groups in total. The molecule has 1 aliphatic carbocycles. The van der Waals surface area contributed by atoms with Crippen LogP contribution in [-0.2, 0) is 14.9 Å². The van der Waals surface area contributed by atoms with Crippen molar-refractivity contribution in [2.24, 2.45) is 5.92 Å². The maximum Gasteiger partial charge on any atom is 0.421 e. The summed E-state index contributed by atoms with van der Waals surface area (Å²) < 4.78 is 31.3. The molecule has 0 aromatic rings. The first kappa shape index (κ1) is 14.5. The Morgan fingerprint density at radius 2 is 2.18 bits per heavy atom. The monoisotopic (exact) mass is 284 g/mol. The molecule has 100 valence electrons. The third kappa shape index (κ3) is 5.56. The average Bonchev–Trinajstić information content (AvgIpc) is 2.61. The van der Waals surface area contributed by atoms with Gasteiger partial charge in [0, 0.05) is 11.9 Å². The second-order valence-electron chi connectivity index (χ2n) is 3.95. The van der Waals surface area contributed by atoms with Crippen molar-refractivity contribution in [3.63, 3.8) is 0 Å². The van der Waals surface area contributed by atoms with Gasteiger partial charge in [-0.1, -0.05) is 0 Å². The smallest absolute Gasteiger partial charge is 0.421 e. The van der Waals surface area contributed by atoms with Crippen molar-refractivity contribution in [3.8, 4) is 0 Å². The van der Waals surface area contributed by atoms with Crippen LogP contribution in [0.25, 0.3) is 0 Å². The number of rotatable bonds is 5. The summed E-state index contributed by atoms with van der Waals surface area (Å²) in [4.78, 5) is 10.9. The molecule has 0 spiro atoms. The van der Waals surface area contributed by atoms with Gasteiger partial charge in [-0.15, -0.1) is 11.6 Å². The SMILES string of the molecule is CCOC(=O)NS(=O)(=O)NCC1CCC(Cl)C1. The third-order valence-electron chi connectivity index (χ3n) is 2.53. The lowest BCUT2D eigenvalue weighted by molar-refractivity contribution is 0.158. The van der Waals surface area contributed by atoms with Crippen LogP contribution >= 0.6 is 11.6 Å². The van der Waals surface area contributed by atoms with Crippen LogP contribution in [0, 0.1) is 5.92 Å². The van der Waals surface area contributed by atoms with Gasteiger partial charge >= 0.3 is 16.3 Å². The molecule has 1 amide bonds. The minimum atomic E-state index is -3.83. The highest BCUT2D eigenvalue weighted by molar-refractivity contribution is 7.88. The first-order valence-corrected chi connectivity index (χ1v) is 7.43. The van der Waals surface area contributed by atoms with E-state index in [2.05, 4.69) is 9.46 Å². The van der Waals surface area contributed by atoms with Gasteiger partial charge < -0.3 is 4.74 Å². The van der Waals surface area contributed by atoms with Crippen molar-refractivity contribution in [2.45, 2.75) is 31.6 Å². The summed E-state index contributed by atoms with van der Waals surface area (Å²) in [5.41, 5.74) is 0. The van der Waals surface area contributed by atoms with E-state index in [9.17, 15) is 13.2 Å². The standard InChI is InChI=1S/C9H17ClN2O4S/c1-2-16-9(13)12-17(14,15)11-6-7-3-4-8(10)5-7/h7-8,11H,2-6H2,1H3,(H,12,13).